The molecule has 0 heterocycles. The van der Waals surface area contributed by atoms with Crippen molar-refractivity contribution in [3.63, 3.8) is 0 Å². The van der Waals surface area contributed by atoms with Crippen molar-refractivity contribution in [2.24, 2.45) is 0 Å². The fourth-order valence-corrected chi connectivity index (χ4v) is 1.64. The van der Waals surface area contributed by atoms with E-state index in [0.29, 0.717) is 6.04 Å². The highest BCUT2D eigenvalue weighted by molar-refractivity contribution is 5.07. The SMILES string of the molecule is C=C(C)C(CCCC)N(C)C(=C)CC. The Labute approximate surface area is 89.5 Å². The lowest BCUT2D eigenvalue weighted by molar-refractivity contribution is 0.311. The lowest BCUT2D eigenvalue weighted by atomic mass is 10.0. The Hall–Kier alpha value is -0.720. The van der Waals surface area contributed by atoms with Crippen molar-refractivity contribution in [2.45, 2.75) is 52.5 Å². The molecule has 0 aromatic rings. The third-order valence-electron chi connectivity index (χ3n) is 2.77. The van der Waals surface area contributed by atoms with Gasteiger partial charge >= 0.3 is 0 Å². The molecule has 0 saturated heterocycles. The van der Waals surface area contributed by atoms with E-state index in [1.54, 1.807) is 0 Å². The van der Waals surface area contributed by atoms with E-state index in [1.165, 1.54) is 30.5 Å². The van der Waals surface area contributed by atoms with Crippen LogP contribution in [0.3, 0.4) is 0 Å². The van der Waals surface area contributed by atoms with Crippen molar-refractivity contribution >= 4 is 0 Å². The molecule has 0 aliphatic carbocycles. The second kappa shape index (κ2) is 6.69. The minimum atomic E-state index is 0.474. The zero-order valence-electron chi connectivity index (χ0n) is 10.3. The maximum atomic E-state index is 4.07. The van der Waals surface area contributed by atoms with Gasteiger partial charge in [0.2, 0.25) is 0 Å². The second-order valence-corrected chi connectivity index (χ2v) is 4.04. The van der Waals surface area contributed by atoms with E-state index < -0.39 is 0 Å². The van der Waals surface area contributed by atoms with Crippen LogP contribution in [0.4, 0.5) is 0 Å². The zero-order chi connectivity index (χ0) is 11.1. The standard InChI is InChI=1S/C13H25N/c1-7-9-10-13(11(3)4)14(6)12(5)8-2/h13H,3,5,7-10H2,1-2,4,6H3. The molecule has 0 amide bonds. The van der Waals surface area contributed by atoms with E-state index in [4.69, 9.17) is 0 Å². The fourth-order valence-electron chi connectivity index (χ4n) is 1.64. The summed E-state index contributed by atoms with van der Waals surface area (Å²) < 4.78 is 0. The van der Waals surface area contributed by atoms with Crippen molar-refractivity contribution in [2.75, 3.05) is 7.05 Å². The summed E-state index contributed by atoms with van der Waals surface area (Å²) in [7, 11) is 2.13. The zero-order valence-corrected chi connectivity index (χ0v) is 10.3. The summed E-state index contributed by atoms with van der Waals surface area (Å²) in [5.41, 5.74) is 2.45. The number of allylic oxidation sites excluding steroid dienone is 1. The summed E-state index contributed by atoms with van der Waals surface area (Å²) in [5.74, 6) is 0. The first-order valence-corrected chi connectivity index (χ1v) is 5.60. The predicted octanol–water partition coefficient (Wildman–Crippen LogP) is 3.98. The largest absolute Gasteiger partial charge is 0.372 e. The van der Waals surface area contributed by atoms with E-state index >= 15 is 0 Å². The van der Waals surface area contributed by atoms with E-state index in [-0.39, 0.29) is 0 Å². The molecule has 0 aliphatic heterocycles. The van der Waals surface area contributed by atoms with Gasteiger partial charge < -0.3 is 4.90 Å². The lowest BCUT2D eigenvalue weighted by Gasteiger charge is -2.31. The average Bonchev–Trinajstić information content (AvgIpc) is 2.16. The van der Waals surface area contributed by atoms with Crippen LogP contribution in [0.5, 0.6) is 0 Å². The van der Waals surface area contributed by atoms with Crippen molar-refractivity contribution < 1.29 is 0 Å². The molecule has 0 rings (SSSR count). The summed E-state index contributed by atoms with van der Waals surface area (Å²) in [4.78, 5) is 2.28. The molecule has 82 valence electrons. The molecular weight excluding hydrogens is 170 g/mol. The molecule has 1 heteroatoms. The maximum Gasteiger partial charge on any atom is 0.0490 e. The molecule has 0 saturated carbocycles. The van der Waals surface area contributed by atoms with Crippen LogP contribution in [-0.2, 0) is 0 Å². The Morgan fingerprint density at radius 1 is 1.29 bits per heavy atom. The molecule has 1 unspecified atom stereocenters. The Morgan fingerprint density at radius 3 is 2.21 bits per heavy atom. The predicted molar refractivity (Wildman–Crippen MR) is 65.3 cm³/mol. The van der Waals surface area contributed by atoms with Crippen molar-refractivity contribution in [1.82, 2.24) is 4.90 Å². The van der Waals surface area contributed by atoms with Crippen LogP contribution in [0.15, 0.2) is 24.4 Å². The van der Waals surface area contributed by atoms with E-state index in [1.807, 2.05) is 0 Å². The highest BCUT2D eigenvalue weighted by Gasteiger charge is 2.14. The molecule has 1 nitrogen and oxygen atoms in total. The average molecular weight is 195 g/mol. The van der Waals surface area contributed by atoms with Gasteiger partial charge in [-0.25, -0.2) is 0 Å². The molecule has 0 aromatic carbocycles. The Kier molecular flexibility index (Phi) is 6.35. The second-order valence-electron chi connectivity index (χ2n) is 4.04. The molecule has 0 bridgehead atoms. The van der Waals surface area contributed by atoms with Gasteiger partial charge in [0.05, 0.1) is 0 Å². The van der Waals surface area contributed by atoms with Gasteiger partial charge in [0, 0.05) is 18.8 Å². The first-order valence-electron chi connectivity index (χ1n) is 5.60. The molecule has 0 fully saturated rings. The molecule has 0 aliphatic rings. The smallest absolute Gasteiger partial charge is 0.0490 e. The highest BCUT2D eigenvalue weighted by atomic mass is 15.1. The number of likely N-dealkylation sites (N-methyl/N-ethyl adjacent to an activating group) is 1. The third kappa shape index (κ3) is 3.99. The number of hydrogen-bond donors (Lipinski definition) is 0. The molecule has 0 N–H and O–H groups in total. The van der Waals surface area contributed by atoms with E-state index in [0.717, 1.165) is 6.42 Å². The van der Waals surface area contributed by atoms with Gasteiger partial charge in [-0.3, -0.25) is 0 Å². The monoisotopic (exact) mass is 195 g/mol. The van der Waals surface area contributed by atoms with Crippen LogP contribution in [0, 0.1) is 0 Å². The quantitative estimate of drug-likeness (QED) is 0.555. The summed E-state index contributed by atoms with van der Waals surface area (Å²) in [6.45, 7) is 14.6. The van der Waals surface area contributed by atoms with Gasteiger partial charge in [-0.1, -0.05) is 45.4 Å². The number of nitrogens with zero attached hydrogens (tertiary/aromatic N) is 1. The van der Waals surface area contributed by atoms with Gasteiger partial charge in [-0.05, 0) is 19.8 Å². The Balaban J connectivity index is 4.32. The van der Waals surface area contributed by atoms with Crippen LogP contribution in [0.1, 0.15) is 46.5 Å². The van der Waals surface area contributed by atoms with Crippen molar-refractivity contribution in [3.8, 4) is 0 Å². The summed E-state index contributed by atoms with van der Waals surface area (Å²) in [5, 5.41) is 0. The van der Waals surface area contributed by atoms with Crippen LogP contribution >= 0.6 is 0 Å². The molecule has 0 aromatic heterocycles. The maximum absolute atomic E-state index is 4.07. The first kappa shape index (κ1) is 13.3. The number of hydrogen-bond acceptors (Lipinski definition) is 1. The molecule has 1 atom stereocenters. The van der Waals surface area contributed by atoms with Gasteiger partial charge in [-0.15, -0.1) is 0 Å². The molecule has 14 heavy (non-hydrogen) atoms. The third-order valence-corrected chi connectivity index (χ3v) is 2.77. The van der Waals surface area contributed by atoms with Gasteiger partial charge in [0.1, 0.15) is 0 Å². The topological polar surface area (TPSA) is 3.24 Å². The normalized spacial score (nSPS) is 12.3. The lowest BCUT2D eigenvalue weighted by Crippen LogP contribution is -2.31. The summed E-state index contributed by atoms with van der Waals surface area (Å²) >= 11 is 0. The molecule has 0 radical (unpaired) electrons. The van der Waals surface area contributed by atoms with Crippen LogP contribution in [-0.4, -0.2) is 18.0 Å². The van der Waals surface area contributed by atoms with Crippen LogP contribution in [0.2, 0.25) is 0 Å². The van der Waals surface area contributed by atoms with Crippen LogP contribution in [0.25, 0.3) is 0 Å². The van der Waals surface area contributed by atoms with Gasteiger partial charge in [0.15, 0.2) is 0 Å². The van der Waals surface area contributed by atoms with E-state index in [9.17, 15) is 0 Å². The minimum absolute atomic E-state index is 0.474. The van der Waals surface area contributed by atoms with Gasteiger partial charge in [-0.2, -0.15) is 0 Å². The highest BCUT2D eigenvalue weighted by Crippen LogP contribution is 2.19. The minimum Gasteiger partial charge on any atom is -0.372 e. The number of rotatable bonds is 7. The number of unbranched alkanes of at least 4 members (excludes halogenated alkanes) is 1. The summed E-state index contributed by atoms with van der Waals surface area (Å²) in [6.07, 6.45) is 4.73. The van der Waals surface area contributed by atoms with Crippen molar-refractivity contribution in [3.05, 3.63) is 24.4 Å². The molecular formula is C13H25N. The van der Waals surface area contributed by atoms with Crippen LogP contribution < -0.4 is 0 Å². The van der Waals surface area contributed by atoms with Crippen molar-refractivity contribution in [1.29, 1.82) is 0 Å². The molecule has 0 spiro atoms. The summed E-state index contributed by atoms with van der Waals surface area (Å²) in [6, 6.07) is 0.474. The van der Waals surface area contributed by atoms with Gasteiger partial charge in [0.25, 0.3) is 0 Å². The Morgan fingerprint density at radius 2 is 1.86 bits per heavy atom. The first-order chi connectivity index (χ1) is 6.54. The van der Waals surface area contributed by atoms with E-state index in [2.05, 4.69) is 45.9 Å². The fraction of sp³-hybridized carbons (Fsp3) is 0.692. The Bertz CT molecular complexity index is 193.